The maximum atomic E-state index is 12.9. The van der Waals surface area contributed by atoms with Gasteiger partial charge in [0.05, 0.1) is 33.2 Å². The summed E-state index contributed by atoms with van der Waals surface area (Å²) in [5.74, 6) is -1.01. The van der Waals surface area contributed by atoms with Gasteiger partial charge in [-0.15, -0.1) is 0 Å². The highest BCUT2D eigenvalue weighted by atomic mass is 16.5. The van der Waals surface area contributed by atoms with Crippen LogP contribution in [-0.2, 0) is 19.1 Å². The highest BCUT2D eigenvalue weighted by Gasteiger charge is 2.58. The van der Waals surface area contributed by atoms with Gasteiger partial charge < -0.3 is 14.2 Å². The topological polar surface area (TPSA) is 61.8 Å². The first-order valence-corrected chi connectivity index (χ1v) is 9.16. The van der Waals surface area contributed by atoms with Crippen LogP contribution in [0.4, 0.5) is 0 Å². The summed E-state index contributed by atoms with van der Waals surface area (Å²) in [7, 11) is 4.34. The Morgan fingerprint density at radius 2 is 1.67 bits per heavy atom. The van der Waals surface area contributed by atoms with Crippen molar-refractivity contribution >= 4 is 17.5 Å². The third kappa shape index (κ3) is 3.27. The highest BCUT2D eigenvalue weighted by Crippen LogP contribution is 2.61. The molecule has 1 aromatic rings. The van der Waals surface area contributed by atoms with Gasteiger partial charge in [-0.3, -0.25) is 9.59 Å². The lowest BCUT2D eigenvalue weighted by molar-refractivity contribution is -0.161. The van der Waals surface area contributed by atoms with Crippen molar-refractivity contribution in [2.24, 2.45) is 23.2 Å². The molecule has 0 spiro atoms. The summed E-state index contributed by atoms with van der Waals surface area (Å²) in [5, 5.41) is 0. The van der Waals surface area contributed by atoms with Crippen LogP contribution in [0, 0.1) is 23.2 Å². The Morgan fingerprint density at radius 3 is 2.19 bits per heavy atom. The Labute approximate surface area is 160 Å². The lowest BCUT2D eigenvalue weighted by Gasteiger charge is -2.44. The maximum absolute atomic E-state index is 12.9. The van der Waals surface area contributed by atoms with E-state index >= 15 is 0 Å². The van der Waals surface area contributed by atoms with Gasteiger partial charge in [0.2, 0.25) is 0 Å². The van der Waals surface area contributed by atoms with Gasteiger partial charge in [0.25, 0.3) is 0 Å². The second kappa shape index (κ2) is 7.59. The summed E-state index contributed by atoms with van der Waals surface area (Å²) < 4.78 is 15.4. The van der Waals surface area contributed by atoms with Crippen LogP contribution in [-0.4, -0.2) is 33.3 Å². The minimum Gasteiger partial charge on any atom is -0.497 e. The van der Waals surface area contributed by atoms with E-state index in [2.05, 4.69) is 12.7 Å². The Bertz CT molecular complexity index is 759. The van der Waals surface area contributed by atoms with E-state index < -0.39 is 23.2 Å². The third-order valence-electron chi connectivity index (χ3n) is 5.87. The molecule has 0 aliphatic heterocycles. The molecule has 1 fully saturated rings. The molecule has 0 amide bonds. The third-order valence-corrected chi connectivity index (χ3v) is 5.87. The normalized spacial score (nSPS) is 26.9. The molecule has 2 aliphatic rings. The van der Waals surface area contributed by atoms with Gasteiger partial charge >= 0.3 is 11.9 Å². The van der Waals surface area contributed by atoms with Crippen molar-refractivity contribution in [3.05, 3.63) is 48.6 Å². The molecule has 0 bridgehead atoms. The fourth-order valence-corrected chi connectivity index (χ4v) is 4.38. The van der Waals surface area contributed by atoms with E-state index in [1.165, 1.54) is 14.2 Å². The van der Waals surface area contributed by atoms with Gasteiger partial charge in [0.15, 0.2) is 0 Å². The van der Waals surface area contributed by atoms with E-state index in [0.29, 0.717) is 6.42 Å². The molecule has 0 unspecified atom stereocenters. The zero-order valence-corrected chi connectivity index (χ0v) is 16.1. The number of methoxy groups -OCH3 is 3. The molecule has 144 valence electrons. The van der Waals surface area contributed by atoms with E-state index in [0.717, 1.165) is 29.7 Å². The molecular weight excluding hydrogens is 344 g/mol. The number of hydrogen-bond acceptors (Lipinski definition) is 5. The van der Waals surface area contributed by atoms with E-state index in [1.54, 1.807) is 7.11 Å². The zero-order chi connectivity index (χ0) is 19.6. The second-order valence-corrected chi connectivity index (χ2v) is 7.18. The molecule has 0 aromatic heterocycles. The van der Waals surface area contributed by atoms with Gasteiger partial charge in [-0.1, -0.05) is 30.9 Å². The molecule has 3 atom stereocenters. The van der Waals surface area contributed by atoms with Gasteiger partial charge in [-0.2, -0.15) is 0 Å². The summed E-state index contributed by atoms with van der Waals surface area (Å²) in [6.45, 7) is 4.37. The van der Waals surface area contributed by atoms with E-state index in [-0.39, 0.29) is 11.9 Å². The van der Waals surface area contributed by atoms with Crippen LogP contribution < -0.4 is 4.74 Å². The number of rotatable bonds is 6. The lowest BCUT2D eigenvalue weighted by atomic mass is 9.58. The molecule has 27 heavy (non-hydrogen) atoms. The van der Waals surface area contributed by atoms with Crippen LogP contribution in [0.3, 0.4) is 0 Å². The van der Waals surface area contributed by atoms with Crippen LogP contribution >= 0.6 is 0 Å². The van der Waals surface area contributed by atoms with E-state index in [4.69, 9.17) is 14.2 Å². The number of allylic oxidation sites excluding steroid dienone is 3. The van der Waals surface area contributed by atoms with Crippen molar-refractivity contribution in [1.82, 2.24) is 0 Å². The molecule has 3 rings (SSSR count). The van der Waals surface area contributed by atoms with Gasteiger partial charge in [0, 0.05) is 5.41 Å². The summed E-state index contributed by atoms with van der Waals surface area (Å²) in [4.78, 5) is 25.3. The zero-order valence-electron chi connectivity index (χ0n) is 16.1. The largest absolute Gasteiger partial charge is 0.497 e. The molecular formula is C22H26O5. The van der Waals surface area contributed by atoms with E-state index in [9.17, 15) is 9.59 Å². The first-order chi connectivity index (χ1) is 13.0. The van der Waals surface area contributed by atoms with Crippen molar-refractivity contribution in [3.8, 4) is 5.75 Å². The Morgan fingerprint density at radius 1 is 1.04 bits per heavy atom. The van der Waals surface area contributed by atoms with Crippen molar-refractivity contribution in [1.29, 1.82) is 0 Å². The Balaban J connectivity index is 2.10. The molecule has 5 heteroatoms. The SMILES string of the molecule is C=C(c1ccc(OC)cc1)[C@@]1(C2CC2)C=CC[C@@H](C(=O)OC)[C@@H]1C(=O)OC. The number of esters is 2. The van der Waals surface area contributed by atoms with Crippen LogP contribution in [0.2, 0.25) is 0 Å². The van der Waals surface area contributed by atoms with Gasteiger partial charge in [0.1, 0.15) is 5.75 Å². The quantitative estimate of drug-likeness (QED) is 0.565. The summed E-state index contributed by atoms with van der Waals surface area (Å²) >= 11 is 0. The average Bonchev–Trinajstić information content (AvgIpc) is 3.57. The van der Waals surface area contributed by atoms with Crippen LogP contribution in [0.1, 0.15) is 24.8 Å². The summed E-state index contributed by atoms with van der Waals surface area (Å²) in [5.41, 5.74) is 1.10. The standard InChI is InChI=1S/C22H26O5/c1-14(15-7-11-17(25-2)12-8-15)22(16-9-10-16)13-5-6-18(20(23)26-3)19(22)21(24)27-4/h5,7-8,11-13,16,18-19H,1,6,9-10H2,2-4H3/t18-,19-,22-/m1/s1. The lowest BCUT2D eigenvalue weighted by Crippen LogP contribution is -2.47. The highest BCUT2D eigenvalue weighted by molar-refractivity contribution is 5.88. The fourth-order valence-electron chi connectivity index (χ4n) is 4.38. The minimum absolute atomic E-state index is 0.250. The van der Waals surface area contributed by atoms with Crippen molar-refractivity contribution in [2.45, 2.75) is 19.3 Å². The predicted molar refractivity (Wildman–Crippen MR) is 102 cm³/mol. The van der Waals surface area contributed by atoms with Crippen LogP contribution in [0.5, 0.6) is 5.75 Å². The number of ether oxygens (including phenoxy) is 3. The van der Waals surface area contributed by atoms with Crippen molar-refractivity contribution in [2.75, 3.05) is 21.3 Å². The van der Waals surface area contributed by atoms with Gasteiger partial charge in [-0.25, -0.2) is 0 Å². The van der Waals surface area contributed by atoms with E-state index in [1.807, 2.05) is 30.3 Å². The van der Waals surface area contributed by atoms with Gasteiger partial charge in [-0.05, 0) is 48.4 Å². The predicted octanol–water partition coefficient (Wildman–Crippen LogP) is 3.64. The molecule has 0 N–H and O–H groups in total. The number of hydrogen-bond donors (Lipinski definition) is 0. The Kier molecular flexibility index (Phi) is 5.40. The van der Waals surface area contributed by atoms with Crippen molar-refractivity contribution < 1.29 is 23.8 Å². The molecule has 2 aliphatic carbocycles. The number of carbonyl (C=O) groups excluding carboxylic acids is 2. The summed E-state index contributed by atoms with van der Waals surface area (Å²) in [6, 6.07) is 7.63. The number of benzene rings is 1. The number of carbonyl (C=O) groups is 2. The average molecular weight is 370 g/mol. The first-order valence-electron chi connectivity index (χ1n) is 9.16. The molecule has 0 heterocycles. The minimum atomic E-state index is -0.654. The molecule has 5 nitrogen and oxygen atoms in total. The second-order valence-electron chi connectivity index (χ2n) is 7.18. The molecule has 0 radical (unpaired) electrons. The maximum Gasteiger partial charge on any atom is 0.310 e. The summed E-state index contributed by atoms with van der Waals surface area (Å²) in [6.07, 6.45) is 6.48. The monoisotopic (exact) mass is 370 g/mol. The molecule has 0 saturated heterocycles. The van der Waals surface area contributed by atoms with Crippen LogP contribution in [0.15, 0.2) is 43.0 Å². The Hall–Kier alpha value is -2.56. The van der Waals surface area contributed by atoms with Crippen molar-refractivity contribution in [3.63, 3.8) is 0 Å². The fraction of sp³-hybridized carbons (Fsp3) is 0.455. The molecule has 1 saturated carbocycles. The first kappa shape index (κ1) is 19.2. The van der Waals surface area contributed by atoms with Crippen LogP contribution in [0.25, 0.3) is 5.57 Å². The molecule has 1 aromatic carbocycles. The smallest absolute Gasteiger partial charge is 0.310 e.